The number of rotatable bonds is 18. The van der Waals surface area contributed by atoms with Crippen LogP contribution < -0.4 is 5.32 Å². The first-order chi connectivity index (χ1) is 23.6. The smallest absolute Gasteiger partial charge is 0.338 e. The van der Waals surface area contributed by atoms with Crippen LogP contribution in [0, 0.1) is 0 Å². The highest BCUT2D eigenvalue weighted by atomic mass is 16.8. The molecule has 1 aliphatic carbocycles. The monoisotopic (exact) mass is 691 g/mol. The third-order valence-electron chi connectivity index (χ3n) is 9.11. The Morgan fingerprint density at radius 3 is 2.29 bits per heavy atom. The summed E-state index contributed by atoms with van der Waals surface area (Å²) in [6, 6.07) is 6.69. The summed E-state index contributed by atoms with van der Waals surface area (Å²) < 4.78 is 30.1. The Morgan fingerprint density at radius 1 is 0.959 bits per heavy atom. The number of hydrogen-bond acceptors (Lipinski definition) is 12. The van der Waals surface area contributed by atoms with Gasteiger partial charge in [-0.15, -0.1) is 0 Å². The van der Waals surface area contributed by atoms with E-state index < -0.39 is 67.4 Å². The molecule has 1 amide bonds. The van der Waals surface area contributed by atoms with Gasteiger partial charge in [-0.25, -0.2) is 4.79 Å². The third-order valence-corrected chi connectivity index (χ3v) is 9.11. The summed E-state index contributed by atoms with van der Waals surface area (Å²) in [5.74, 6) is -1.74. The van der Waals surface area contributed by atoms with Crippen LogP contribution in [0.3, 0.4) is 0 Å². The second-order valence-corrected chi connectivity index (χ2v) is 12.9. The Kier molecular flexibility index (Phi) is 15.2. The van der Waals surface area contributed by atoms with E-state index in [1.165, 1.54) is 0 Å². The zero-order chi connectivity index (χ0) is 35.4. The number of aliphatic hydroxyl groups is 5. The number of carbonyl (C=O) groups is 2. The molecule has 49 heavy (non-hydrogen) atoms. The number of aliphatic hydroxyl groups excluding tert-OH is 5. The number of fused-ring (bicyclic) bond motifs is 1. The van der Waals surface area contributed by atoms with Gasteiger partial charge in [-0.05, 0) is 36.6 Å². The normalized spacial score (nSPS) is 29.4. The van der Waals surface area contributed by atoms with Crippen LogP contribution in [0.5, 0.6) is 0 Å². The summed E-state index contributed by atoms with van der Waals surface area (Å²) in [6.07, 6.45) is 4.07. The minimum absolute atomic E-state index is 0.00109. The number of hydrogen-bond donors (Lipinski definition) is 6. The highest BCUT2D eigenvalue weighted by Crippen LogP contribution is 2.43. The Bertz CT molecular complexity index is 1240. The van der Waals surface area contributed by atoms with Gasteiger partial charge in [0.1, 0.15) is 42.7 Å². The van der Waals surface area contributed by atoms with Crippen LogP contribution in [0.4, 0.5) is 0 Å². The molecule has 13 heteroatoms. The largest absolute Gasteiger partial charge is 0.456 e. The van der Waals surface area contributed by atoms with Crippen molar-refractivity contribution in [2.24, 2.45) is 0 Å². The first kappa shape index (κ1) is 39.1. The average Bonchev–Trinajstić information content (AvgIpc) is 3.48. The molecule has 6 N–H and O–H groups in total. The molecule has 0 saturated carbocycles. The van der Waals surface area contributed by atoms with Gasteiger partial charge in [-0.2, -0.15) is 0 Å². The number of esters is 1. The molecule has 0 unspecified atom stereocenters. The van der Waals surface area contributed by atoms with Crippen molar-refractivity contribution in [3.8, 4) is 0 Å². The van der Waals surface area contributed by atoms with Crippen molar-refractivity contribution in [2.45, 2.75) is 126 Å². The zero-order valence-corrected chi connectivity index (χ0v) is 28.4. The van der Waals surface area contributed by atoms with Gasteiger partial charge in [0.25, 0.3) is 0 Å². The van der Waals surface area contributed by atoms with E-state index in [1.807, 2.05) is 0 Å². The molecule has 274 valence electrons. The van der Waals surface area contributed by atoms with Crippen LogP contribution in [0.25, 0.3) is 6.08 Å². The van der Waals surface area contributed by atoms with Crippen molar-refractivity contribution in [1.29, 1.82) is 0 Å². The van der Waals surface area contributed by atoms with Crippen molar-refractivity contribution >= 4 is 18.0 Å². The zero-order valence-electron chi connectivity index (χ0n) is 28.4. The topological polar surface area (TPSA) is 193 Å². The molecule has 0 spiro atoms. The van der Waals surface area contributed by atoms with Gasteiger partial charge < -0.3 is 54.5 Å². The third kappa shape index (κ3) is 10.4. The van der Waals surface area contributed by atoms with Crippen molar-refractivity contribution < 1.29 is 58.8 Å². The Morgan fingerprint density at radius 2 is 1.65 bits per heavy atom. The lowest BCUT2D eigenvalue weighted by atomic mass is 9.91. The number of unbranched alkanes of at least 4 members (excludes halogenated alkanes) is 4. The van der Waals surface area contributed by atoms with Gasteiger partial charge in [0.15, 0.2) is 12.1 Å². The van der Waals surface area contributed by atoms with E-state index in [2.05, 4.69) is 19.2 Å². The molecule has 1 aromatic rings. The molecule has 3 aliphatic rings. The molecule has 4 rings (SSSR count). The van der Waals surface area contributed by atoms with Gasteiger partial charge in [-0.1, -0.05) is 63.8 Å². The van der Waals surface area contributed by atoms with E-state index in [0.717, 1.165) is 44.1 Å². The SMILES string of the molecule is CCCCCC1(CCCCC)O[C@@H]2[C@@H](C=C(C(=O)NCCO)C[C@H]2OC(=O)c2ccc(C=CCO[C@H]3O[C@H](CO)[C@H](O)[C@H](O)[C@H]3O)cc2)O1. The van der Waals surface area contributed by atoms with Crippen molar-refractivity contribution in [2.75, 3.05) is 26.4 Å². The molecule has 2 fully saturated rings. The summed E-state index contributed by atoms with van der Waals surface area (Å²) >= 11 is 0. The molecular weight excluding hydrogens is 638 g/mol. The molecule has 13 nitrogen and oxygen atoms in total. The molecule has 2 saturated heterocycles. The van der Waals surface area contributed by atoms with E-state index in [9.17, 15) is 35.1 Å². The molecule has 0 radical (unpaired) electrons. The predicted octanol–water partition coefficient (Wildman–Crippen LogP) is 2.12. The summed E-state index contributed by atoms with van der Waals surface area (Å²) in [4.78, 5) is 26.4. The summed E-state index contributed by atoms with van der Waals surface area (Å²) in [6.45, 7) is 3.64. The predicted molar refractivity (Wildman–Crippen MR) is 178 cm³/mol. The summed E-state index contributed by atoms with van der Waals surface area (Å²) in [7, 11) is 0. The lowest BCUT2D eigenvalue weighted by Crippen LogP contribution is -2.59. The minimum Gasteiger partial charge on any atom is -0.456 e. The second-order valence-electron chi connectivity index (χ2n) is 12.9. The maximum atomic E-state index is 13.4. The standard InChI is InChI=1S/C36H53NO12/c1-3-5-7-15-36(16-8-6-4-2)48-27-21-25(33(43)37-17-18-38)20-26(32(27)49-36)46-34(44)24-13-11-23(12-14-24)10-9-19-45-35-31(42)30(41)29(40)28(22-39)47-35/h9-14,21,26-32,35,38-42H,3-8,15-20,22H2,1-2H3,(H,37,43)/t26-,27-,28-,29+,30+,31-,32+,35+/m1/s1. The fourth-order valence-corrected chi connectivity index (χ4v) is 6.36. The van der Waals surface area contributed by atoms with Gasteiger partial charge in [0.05, 0.1) is 25.4 Å². The molecule has 1 aromatic carbocycles. The van der Waals surface area contributed by atoms with Crippen molar-refractivity contribution in [3.05, 3.63) is 53.1 Å². The van der Waals surface area contributed by atoms with Crippen LogP contribution in [0.1, 0.15) is 87.6 Å². The highest BCUT2D eigenvalue weighted by molar-refractivity contribution is 5.94. The van der Waals surface area contributed by atoms with E-state index in [4.69, 9.17) is 23.7 Å². The van der Waals surface area contributed by atoms with Gasteiger partial charge in [0.2, 0.25) is 5.91 Å². The molecule has 0 aromatic heterocycles. The van der Waals surface area contributed by atoms with Crippen molar-refractivity contribution in [3.63, 3.8) is 0 Å². The van der Waals surface area contributed by atoms with E-state index in [-0.39, 0.29) is 32.1 Å². The lowest BCUT2D eigenvalue weighted by Gasteiger charge is -2.39. The molecule has 2 heterocycles. The Labute approximate surface area is 287 Å². The summed E-state index contributed by atoms with van der Waals surface area (Å²) in [5, 5.41) is 51.2. The number of amides is 1. The number of nitrogens with one attached hydrogen (secondary N) is 1. The van der Waals surface area contributed by atoms with Crippen LogP contribution in [0.15, 0.2) is 42.0 Å². The lowest BCUT2D eigenvalue weighted by molar-refractivity contribution is -0.298. The Hall–Kier alpha value is -2.72. The highest BCUT2D eigenvalue weighted by Gasteiger charge is 2.52. The first-order valence-electron chi connectivity index (χ1n) is 17.5. The quantitative estimate of drug-likeness (QED) is 0.0972. The van der Waals surface area contributed by atoms with Crippen molar-refractivity contribution in [1.82, 2.24) is 5.32 Å². The van der Waals surface area contributed by atoms with E-state index in [0.29, 0.717) is 24.0 Å². The van der Waals surface area contributed by atoms with E-state index >= 15 is 0 Å². The fourth-order valence-electron chi connectivity index (χ4n) is 6.36. The maximum Gasteiger partial charge on any atom is 0.338 e. The summed E-state index contributed by atoms with van der Waals surface area (Å²) in [5.41, 5.74) is 1.47. The van der Waals surface area contributed by atoms with Crippen LogP contribution >= 0.6 is 0 Å². The minimum atomic E-state index is -1.52. The van der Waals surface area contributed by atoms with E-state index in [1.54, 1.807) is 42.5 Å². The Balaban J connectivity index is 1.41. The average molecular weight is 692 g/mol. The number of benzene rings is 1. The molecule has 0 bridgehead atoms. The van der Waals surface area contributed by atoms with Crippen LogP contribution in [-0.4, -0.2) is 119 Å². The molecule has 2 aliphatic heterocycles. The van der Waals surface area contributed by atoms with Crippen LogP contribution in [0.2, 0.25) is 0 Å². The number of carbonyl (C=O) groups excluding carboxylic acids is 2. The fraction of sp³-hybridized carbons (Fsp3) is 0.667. The number of ether oxygens (including phenoxy) is 5. The second kappa shape index (κ2) is 19.0. The van der Waals surface area contributed by atoms with Gasteiger partial charge in [0, 0.05) is 31.4 Å². The van der Waals surface area contributed by atoms with Gasteiger partial charge >= 0.3 is 5.97 Å². The molecular formula is C36H53NO12. The van der Waals surface area contributed by atoms with Crippen LogP contribution in [-0.2, 0) is 28.5 Å². The van der Waals surface area contributed by atoms with Gasteiger partial charge in [-0.3, -0.25) is 4.79 Å². The molecule has 8 atom stereocenters. The first-order valence-corrected chi connectivity index (χ1v) is 17.5. The maximum absolute atomic E-state index is 13.4.